The molecule has 0 unspecified atom stereocenters. The van der Waals surface area contributed by atoms with Crippen LogP contribution in [0.1, 0.15) is 29.8 Å². The largest absolute Gasteiger partial charge is 0.305 e. The summed E-state index contributed by atoms with van der Waals surface area (Å²) in [7, 11) is 0. The lowest BCUT2D eigenvalue weighted by molar-refractivity contribution is 0.565. The van der Waals surface area contributed by atoms with E-state index in [1.165, 1.54) is 11.1 Å². The van der Waals surface area contributed by atoms with E-state index >= 15 is 0 Å². The molecule has 0 bridgehead atoms. The molecule has 0 saturated heterocycles. The quantitative estimate of drug-likeness (QED) is 0.785. The van der Waals surface area contributed by atoms with E-state index in [1.807, 2.05) is 16.8 Å². The van der Waals surface area contributed by atoms with Crippen LogP contribution in [0.4, 0.5) is 0 Å². The lowest BCUT2D eigenvalue weighted by atomic mass is 10.1. The van der Waals surface area contributed by atoms with Gasteiger partial charge in [0.05, 0.1) is 18.1 Å². The number of aryl methyl sites for hydroxylation is 1. The molecule has 4 nitrogen and oxygen atoms in total. The molecule has 1 aromatic carbocycles. The molecule has 0 fully saturated rings. The Morgan fingerprint density at radius 1 is 1.19 bits per heavy atom. The third kappa shape index (κ3) is 3.14. The van der Waals surface area contributed by atoms with Gasteiger partial charge in [0, 0.05) is 18.8 Å². The first kappa shape index (κ1) is 14.2. The minimum absolute atomic E-state index is 0.293. The number of imidazole rings is 1. The van der Waals surface area contributed by atoms with Crippen molar-refractivity contribution in [3.05, 3.63) is 64.3 Å². The van der Waals surface area contributed by atoms with E-state index in [2.05, 4.69) is 69.3 Å². The highest BCUT2D eigenvalue weighted by Crippen LogP contribution is 2.15. The Morgan fingerprint density at radius 2 is 1.95 bits per heavy atom. The summed E-state index contributed by atoms with van der Waals surface area (Å²) in [5, 5.41) is 3.54. The summed E-state index contributed by atoms with van der Waals surface area (Å²) in [6.07, 6.45) is 5.59. The summed E-state index contributed by atoms with van der Waals surface area (Å²) >= 11 is 3.39. The summed E-state index contributed by atoms with van der Waals surface area (Å²) in [5.41, 5.74) is 4.55. The van der Waals surface area contributed by atoms with Gasteiger partial charge >= 0.3 is 0 Å². The number of aromatic nitrogens is 3. The highest BCUT2D eigenvalue weighted by Gasteiger charge is 2.08. The van der Waals surface area contributed by atoms with E-state index in [0.717, 1.165) is 22.5 Å². The molecule has 0 amide bonds. The van der Waals surface area contributed by atoms with E-state index in [9.17, 15) is 0 Å². The fourth-order valence-corrected chi connectivity index (χ4v) is 2.58. The van der Waals surface area contributed by atoms with Crippen LogP contribution in [0.2, 0.25) is 0 Å². The van der Waals surface area contributed by atoms with E-state index < -0.39 is 0 Å². The molecule has 0 aliphatic heterocycles. The van der Waals surface area contributed by atoms with Crippen LogP contribution in [0.15, 0.2) is 47.5 Å². The van der Waals surface area contributed by atoms with Crippen molar-refractivity contribution in [2.45, 2.75) is 26.4 Å². The normalized spacial score (nSPS) is 12.7. The molecule has 3 aromatic rings. The molecule has 21 heavy (non-hydrogen) atoms. The fourth-order valence-electron chi connectivity index (χ4n) is 2.28. The van der Waals surface area contributed by atoms with Gasteiger partial charge in [0.15, 0.2) is 5.65 Å². The standard InChI is InChI=1S/C16H17BrN4/c1-11-3-5-13(6-4-11)12(2)18-7-14-8-20-16-9-19-15(17)10-21(14)16/h3-6,8-10,12,18H,7H2,1-2H3/t12-/m0/s1. The van der Waals surface area contributed by atoms with E-state index in [4.69, 9.17) is 0 Å². The zero-order valence-electron chi connectivity index (χ0n) is 12.0. The molecule has 5 heteroatoms. The van der Waals surface area contributed by atoms with Crippen molar-refractivity contribution >= 4 is 21.6 Å². The number of halogens is 1. The van der Waals surface area contributed by atoms with Crippen molar-refractivity contribution in [1.29, 1.82) is 0 Å². The molecule has 0 saturated carbocycles. The van der Waals surface area contributed by atoms with Crippen LogP contribution in [0.25, 0.3) is 5.65 Å². The maximum Gasteiger partial charge on any atom is 0.155 e. The van der Waals surface area contributed by atoms with E-state index in [-0.39, 0.29) is 0 Å². The van der Waals surface area contributed by atoms with Gasteiger partial charge in [-0.05, 0) is 35.3 Å². The predicted molar refractivity (Wildman–Crippen MR) is 87.1 cm³/mol. The maximum atomic E-state index is 4.36. The molecule has 108 valence electrons. The van der Waals surface area contributed by atoms with Crippen molar-refractivity contribution in [2.24, 2.45) is 0 Å². The Balaban J connectivity index is 1.74. The van der Waals surface area contributed by atoms with Gasteiger partial charge in [-0.15, -0.1) is 0 Å². The predicted octanol–water partition coefficient (Wildman–Crippen LogP) is 3.65. The van der Waals surface area contributed by atoms with Crippen LogP contribution >= 0.6 is 15.9 Å². The summed E-state index contributed by atoms with van der Waals surface area (Å²) in [5.74, 6) is 0. The summed E-state index contributed by atoms with van der Waals surface area (Å²) in [6.45, 7) is 5.03. The second kappa shape index (κ2) is 5.95. The highest BCUT2D eigenvalue weighted by atomic mass is 79.9. The number of hydrogen-bond acceptors (Lipinski definition) is 3. The SMILES string of the molecule is Cc1ccc([C@H](C)NCc2cnc3cnc(Br)cn23)cc1. The van der Waals surface area contributed by atoms with E-state index in [1.54, 1.807) is 6.20 Å². The summed E-state index contributed by atoms with van der Waals surface area (Å²) in [6, 6.07) is 8.92. The second-order valence-electron chi connectivity index (χ2n) is 5.20. The zero-order chi connectivity index (χ0) is 14.8. The average molecular weight is 345 g/mol. The molecule has 0 aliphatic carbocycles. The second-order valence-corrected chi connectivity index (χ2v) is 6.01. The van der Waals surface area contributed by atoms with Crippen LogP contribution in [0.3, 0.4) is 0 Å². The van der Waals surface area contributed by atoms with Gasteiger partial charge in [-0.3, -0.25) is 4.40 Å². The topological polar surface area (TPSA) is 42.2 Å². The van der Waals surface area contributed by atoms with Gasteiger partial charge in [-0.2, -0.15) is 0 Å². The monoisotopic (exact) mass is 344 g/mol. The molecular formula is C16H17BrN4. The fraction of sp³-hybridized carbons (Fsp3) is 0.250. The molecular weight excluding hydrogens is 328 g/mol. The third-order valence-corrected chi connectivity index (χ3v) is 4.02. The van der Waals surface area contributed by atoms with Gasteiger partial charge in [-0.25, -0.2) is 9.97 Å². The molecule has 1 N–H and O–H groups in total. The molecule has 2 aromatic heterocycles. The third-order valence-electron chi connectivity index (χ3n) is 3.61. The van der Waals surface area contributed by atoms with Crippen molar-refractivity contribution in [1.82, 2.24) is 19.7 Å². The summed E-state index contributed by atoms with van der Waals surface area (Å²) in [4.78, 5) is 8.55. The molecule has 0 spiro atoms. The lowest BCUT2D eigenvalue weighted by Gasteiger charge is -2.14. The lowest BCUT2D eigenvalue weighted by Crippen LogP contribution is -2.19. The molecule has 1 atom stereocenters. The zero-order valence-corrected chi connectivity index (χ0v) is 13.6. The molecule has 3 rings (SSSR count). The minimum Gasteiger partial charge on any atom is -0.305 e. The first-order valence-electron chi connectivity index (χ1n) is 6.91. The maximum absolute atomic E-state index is 4.36. The number of hydrogen-bond donors (Lipinski definition) is 1. The number of fused-ring (bicyclic) bond motifs is 1. The van der Waals surface area contributed by atoms with Gasteiger partial charge in [0.1, 0.15) is 4.60 Å². The van der Waals surface area contributed by atoms with Crippen LogP contribution < -0.4 is 5.32 Å². The number of rotatable bonds is 4. The molecule has 0 radical (unpaired) electrons. The van der Waals surface area contributed by atoms with Crippen molar-refractivity contribution in [3.63, 3.8) is 0 Å². The van der Waals surface area contributed by atoms with Crippen molar-refractivity contribution < 1.29 is 0 Å². The number of benzene rings is 1. The van der Waals surface area contributed by atoms with Gasteiger partial charge < -0.3 is 5.32 Å². The number of nitrogens with zero attached hydrogens (tertiary/aromatic N) is 3. The van der Waals surface area contributed by atoms with Crippen LogP contribution in [-0.2, 0) is 6.54 Å². The Kier molecular flexibility index (Phi) is 4.03. The van der Waals surface area contributed by atoms with Gasteiger partial charge in [0.2, 0.25) is 0 Å². The molecule has 2 heterocycles. The van der Waals surface area contributed by atoms with E-state index in [0.29, 0.717) is 6.04 Å². The Labute approximate surface area is 132 Å². The van der Waals surface area contributed by atoms with Crippen LogP contribution in [0.5, 0.6) is 0 Å². The van der Waals surface area contributed by atoms with Gasteiger partial charge in [-0.1, -0.05) is 29.8 Å². The van der Waals surface area contributed by atoms with Crippen molar-refractivity contribution in [2.75, 3.05) is 0 Å². The van der Waals surface area contributed by atoms with Crippen LogP contribution in [0, 0.1) is 6.92 Å². The summed E-state index contributed by atoms with van der Waals surface area (Å²) < 4.78 is 2.85. The Bertz CT molecular complexity index is 749. The smallest absolute Gasteiger partial charge is 0.155 e. The van der Waals surface area contributed by atoms with Crippen LogP contribution in [-0.4, -0.2) is 14.4 Å². The Morgan fingerprint density at radius 3 is 2.71 bits per heavy atom. The average Bonchev–Trinajstić information content (AvgIpc) is 2.88. The van der Waals surface area contributed by atoms with Gasteiger partial charge in [0.25, 0.3) is 0 Å². The first-order valence-corrected chi connectivity index (χ1v) is 7.70. The minimum atomic E-state index is 0.293. The first-order chi connectivity index (χ1) is 10.1. The highest BCUT2D eigenvalue weighted by molar-refractivity contribution is 9.10. The number of nitrogens with one attached hydrogen (secondary N) is 1. The Hall–Kier alpha value is -1.72. The van der Waals surface area contributed by atoms with Crippen molar-refractivity contribution in [3.8, 4) is 0 Å². The molecule has 0 aliphatic rings.